The molecule has 0 spiro atoms. The van der Waals surface area contributed by atoms with Crippen molar-refractivity contribution in [2.24, 2.45) is 11.7 Å². The van der Waals surface area contributed by atoms with Crippen molar-refractivity contribution in [3.05, 3.63) is 0 Å². The zero-order valence-electron chi connectivity index (χ0n) is 12.1. The van der Waals surface area contributed by atoms with E-state index >= 15 is 0 Å². The van der Waals surface area contributed by atoms with Gasteiger partial charge in [-0.25, -0.2) is 0 Å². The lowest BCUT2D eigenvalue weighted by Gasteiger charge is -2.32. The molecule has 0 bridgehead atoms. The van der Waals surface area contributed by atoms with Gasteiger partial charge in [0.25, 0.3) is 0 Å². The van der Waals surface area contributed by atoms with Gasteiger partial charge in [-0.05, 0) is 58.7 Å². The monoisotopic (exact) mass is 258 g/mol. The first kappa shape index (κ1) is 15.9. The van der Waals surface area contributed by atoms with Gasteiger partial charge in [-0.1, -0.05) is 0 Å². The van der Waals surface area contributed by atoms with Gasteiger partial charge in [-0.2, -0.15) is 0 Å². The molecule has 0 amide bonds. The Hall–Kier alpha value is -0.160. The molecule has 1 aliphatic rings. The lowest BCUT2D eigenvalue weighted by atomic mass is 9.93. The summed E-state index contributed by atoms with van der Waals surface area (Å²) >= 11 is 0. The SMILES string of the molecule is CCOC(CCN1CCC(CCN)CC1)OCC. The van der Waals surface area contributed by atoms with Crippen LogP contribution in [0.15, 0.2) is 0 Å². The van der Waals surface area contributed by atoms with Crippen LogP contribution < -0.4 is 5.73 Å². The maximum atomic E-state index is 5.61. The number of nitrogens with two attached hydrogens (primary N) is 1. The highest BCUT2D eigenvalue weighted by molar-refractivity contribution is 4.72. The molecule has 18 heavy (non-hydrogen) atoms. The smallest absolute Gasteiger partial charge is 0.158 e. The summed E-state index contributed by atoms with van der Waals surface area (Å²) in [7, 11) is 0. The normalized spacial score (nSPS) is 18.7. The average molecular weight is 258 g/mol. The van der Waals surface area contributed by atoms with Crippen molar-refractivity contribution in [2.75, 3.05) is 39.4 Å². The van der Waals surface area contributed by atoms with Crippen LogP contribution in [-0.2, 0) is 9.47 Å². The number of nitrogens with zero attached hydrogens (tertiary/aromatic N) is 1. The zero-order chi connectivity index (χ0) is 13.2. The Morgan fingerprint density at radius 2 is 1.78 bits per heavy atom. The van der Waals surface area contributed by atoms with E-state index in [0.29, 0.717) is 0 Å². The molecular weight excluding hydrogens is 228 g/mol. The Morgan fingerprint density at radius 1 is 1.17 bits per heavy atom. The first-order chi connectivity index (χ1) is 8.80. The van der Waals surface area contributed by atoms with Crippen molar-refractivity contribution in [1.29, 1.82) is 0 Å². The molecule has 0 aromatic rings. The van der Waals surface area contributed by atoms with E-state index in [2.05, 4.69) is 4.90 Å². The highest BCUT2D eigenvalue weighted by Crippen LogP contribution is 2.20. The first-order valence-corrected chi connectivity index (χ1v) is 7.45. The van der Waals surface area contributed by atoms with E-state index in [9.17, 15) is 0 Å². The molecule has 0 atom stereocenters. The molecule has 2 N–H and O–H groups in total. The van der Waals surface area contributed by atoms with Crippen LogP contribution >= 0.6 is 0 Å². The topological polar surface area (TPSA) is 47.7 Å². The molecule has 1 heterocycles. The number of rotatable bonds is 9. The minimum Gasteiger partial charge on any atom is -0.353 e. The number of likely N-dealkylation sites (tertiary alicyclic amines) is 1. The van der Waals surface area contributed by atoms with E-state index in [4.69, 9.17) is 15.2 Å². The van der Waals surface area contributed by atoms with Crippen LogP contribution in [0, 0.1) is 5.92 Å². The van der Waals surface area contributed by atoms with E-state index < -0.39 is 0 Å². The fourth-order valence-corrected chi connectivity index (χ4v) is 2.61. The van der Waals surface area contributed by atoms with E-state index in [0.717, 1.165) is 38.6 Å². The van der Waals surface area contributed by atoms with Crippen molar-refractivity contribution in [2.45, 2.75) is 45.8 Å². The van der Waals surface area contributed by atoms with Crippen LogP contribution in [0.3, 0.4) is 0 Å². The maximum absolute atomic E-state index is 5.61. The maximum Gasteiger partial charge on any atom is 0.158 e. The Kier molecular flexibility index (Phi) is 8.59. The fourth-order valence-electron chi connectivity index (χ4n) is 2.61. The van der Waals surface area contributed by atoms with Crippen LogP contribution in [0.25, 0.3) is 0 Å². The summed E-state index contributed by atoms with van der Waals surface area (Å²) in [6, 6.07) is 0. The summed E-state index contributed by atoms with van der Waals surface area (Å²) in [4.78, 5) is 2.53. The summed E-state index contributed by atoms with van der Waals surface area (Å²) in [5.74, 6) is 0.848. The average Bonchev–Trinajstić information content (AvgIpc) is 2.38. The van der Waals surface area contributed by atoms with E-state index in [1.54, 1.807) is 0 Å². The van der Waals surface area contributed by atoms with Gasteiger partial charge in [0.15, 0.2) is 6.29 Å². The van der Waals surface area contributed by atoms with Gasteiger partial charge in [0.05, 0.1) is 0 Å². The summed E-state index contributed by atoms with van der Waals surface area (Å²) in [6.07, 6.45) is 4.73. The van der Waals surface area contributed by atoms with Crippen molar-refractivity contribution in [3.63, 3.8) is 0 Å². The van der Waals surface area contributed by atoms with E-state index in [1.165, 1.54) is 32.4 Å². The molecule has 108 valence electrons. The Morgan fingerprint density at radius 3 is 2.28 bits per heavy atom. The highest BCUT2D eigenvalue weighted by Gasteiger charge is 2.19. The number of hydrogen-bond acceptors (Lipinski definition) is 4. The molecule has 0 radical (unpaired) electrons. The van der Waals surface area contributed by atoms with Crippen LogP contribution in [0.4, 0.5) is 0 Å². The van der Waals surface area contributed by atoms with Gasteiger partial charge in [-0.3, -0.25) is 0 Å². The second-order valence-corrected chi connectivity index (χ2v) is 4.99. The van der Waals surface area contributed by atoms with Crippen LogP contribution in [0.5, 0.6) is 0 Å². The van der Waals surface area contributed by atoms with Crippen molar-refractivity contribution < 1.29 is 9.47 Å². The minimum atomic E-state index is -0.0261. The number of piperidine rings is 1. The van der Waals surface area contributed by atoms with E-state index in [1.807, 2.05) is 13.8 Å². The lowest BCUT2D eigenvalue weighted by molar-refractivity contribution is -0.142. The third-order valence-electron chi connectivity index (χ3n) is 3.67. The van der Waals surface area contributed by atoms with Gasteiger partial charge >= 0.3 is 0 Å². The summed E-state index contributed by atoms with van der Waals surface area (Å²) in [5.41, 5.74) is 5.61. The highest BCUT2D eigenvalue weighted by atomic mass is 16.7. The number of hydrogen-bond donors (Lipinski definition) is 1. The molecule has 4 heteroatoms. The Balaban J connectivity index is 2.15. The van der Waals surface area contributed by atoms with Crippen molar-refractivity contribution in [3.8, 4) is 0 Å². The van der Waals surface area contributed by atoms with Gasteiger partial charge in [0.2, 0.25) is 0 Å². The molecule has 0 aromatic carbocycles. The van der Waals surface area contributed by atoms with Gasteiger partial charge < -0.3 is 20.1 Å². The molecule has 1 aliphatic heterocycles. The summed E-state index contributed by atoms with van der Waals surface area (Å²) in [6.45, 7) is 9.81. The molecule has 1 fully saturated rings. The standard InChI is InChI=1S/C14H30N2O2/c1-3-17-14(18-4-2)8-12-16-10-6-13(5-9-15)7-11-16/h13-14H,3-12,15H2,1-2H3. The second-order valence-electron chi connectivity index (χ2n) is 4.99. The Labute approximate surface area is 112 Å². The molecule has 0 unspecified atom stereocenters. The second kappa shape index (κ2) is 9.73. The molecule has 0 aromatic heterocycles. The van der Waals surface area contributed by atoms with Crippen molar-refractivity contribution in [1.82, 2.24) is 4.90 Å². The van der Waals surface area contributed by atoms with E-state index in [-0.39, 0.29) is 6.29 Å². The molecule has 0 aliphatic carbocycles. The van der Waals surface area contributed by atoms with Gasteiger partial charge in [-0.15, -0.1) is 0 Å². The predicted octanol–water partition coefficient (Wildman–Crippen LogP) is 1.84. The van der Waals surface area contributed by atoms with Gasteiger partial charge in [0.1, 0.15) is 0 Å². The molecule has 1 rings (SSSR count). The predicted molar refractivity (Wildman–Crippen MR) is 74.5 cm³/mol. The fraction of sp³-hybridized carbons (Fsp3) is 1.00. The Bertz CT molecular complexity index is 188. The largest absolute Gasteiger partial charge is 0.353 e. The first-order valence-electron chi connectivity index (χ1n) is 7.45. The van der Waals surface area contributed by atoms with Crippen LogP contribution in [0.2, 0.25) is 0 Å². The lowest BCUT2D eigenvalue weighted by Crippen LogP contribution is -2.36. The quantitative estimate of drug-likeness (QED) is 0.641. The van der Waals surface area contributed by atoms with Crippen molar-refractivity contribution >= 4 is 0 Å². The minimum absolute atomic E-state index is 0.0261. The number of ether oxygens (including phenoxy) is 2. The zero-order valence-corrected chi connectivity index (χ0v) is 12.1. The molecule has 1 saturated heterocycles. The third kappa shape index (κ3) is 6.14. The molecule has 4 nitrogen and oxygen atoms in total. The van der Waals surface area contributed by atoms with Crippen LogP contribution in [-0.4, -0.2) is 50.6 Å². The molecular formula is C14H30N2O2. The molecule has 0 saturated carbocycles. The van der Waals surface area contributed by atoms with Gasteiger partial charge in [0, 0.05) is 26.2 Å². The third-order valence-corrected chi connectivity index (χ3v) is 3.67. The summed E-state index contributed by atoms with van der Waals surface area (Å²) in [5, 5.41) is 0. The summed E-state index contributed by atoms with van der Waals surface area (Å²) < 4.78 is 11.1. The van der Waals surface area contributed by atoms with Crippen LogP contribution in [0.1, 0.15) is 39.5 Å².